The van der Waals surface area contributed by atoms with Gasteiger partial charge in [-0.15, -0.1) is 11.3 Å². The first-order valence-electron chi connectivity index (χ1n) is 12.3. The minimum Gasteiger partial charge on any atom is -0.370 e. The van der Waals surface area contributed by atoms with Crippen LogP contribution in [0.25, 0.3) is 0 Å². The first kappa shape index (κ1) is 25.6. The number of nitrogens with one attached hydrogen (secondary N) is 1. The fourth-order valence-corrected chi connectivity index (χ4v) is 5.66. The molecule has 2 aliphatic heterocycles. The van der Waals surface area contributed by atoms with Crippen LogP contribution in [-0.4, -0.2) is 70.2 Å². The summed E-state index contributed by atoms with van der Waals surface area (Å²) in [6.45, 7) is 0.949. The molecule has 0 aliphatic carbocycles. The average Bonchev–Trinajstić information content (AvgIpc) is 3.55. The number of nitrogens with zero attached hydrogens (tertiary/aromatic N) is 4. The number of nitrogens with two attached hydrogens (primary N) is 2. The zero-order valence-electron chi connectivity index (χ0n) is 20.2. The van der Waals surface area contributed by atoms with Crippen LogP contribution in [0.15, 0.2) is 46.9 Å². The van der Waals surface area contributed by atoms with Crippen molar-refractivity contribution in [3.63, 3.8) is 0 Å². The Bertz CT molecular complexity index is 1070. The molecule has 1 aromatic heterocycles. The lowest BCUT2D eigenvalue weighted by Crippen LogP contribution is -2.59. The van der Waals surface area contributed by atoms with E-state index in [-0.39, 0.29) is 42.3 Å². The van der Waals surface area contributed by atoms with E-state index in [4.69, 9.17) is 11.5 Å². The normalized spacial score (nSPS) is 20.1. The molecule has 0 spiro atoms. The predicted octanol–water partition coefficient (Wildman–Crippen LogP) is 1.19. The Balaban J connectivity index is 1.33. The molecule has 2 fully saturated rings. The topological polar surface area (TPSA) is 147 Å². The van der Waals surface area contributed by atoms with Crippen LogP contribution in [0.5, 0.6) is 0 Å². The van der Waals surface area contributed by atoms with E-state index in [0.29, 0.717) is 51.6 Å². The maximum Gasteiger partial charge on any atom is 0.243 e. The number of benzene rings is 1. The number of fused-ring (bicyclic) bond motifs is 1. The second-order valence-corrected chi connectivity index (χ2v) is 10.1. The molecule has 3 atom stereocenters. The Morgan fingerprint density at radius 2 is 2.03 bits per heavy atom. The van der Waals surface area contributed by atoms with E-state index >= 15 is 0 Å². The van der Waals surface area contributed by atoms with Crippen molar-refractivity contribution in [1.82, 2.24) is 20.1 Å². The van der Waals surface area contributed by atoms with Crippen LogP contribution >= 0.6 is 11.3 Å². The SMILES string of the molecule is NC(N)=NCCCC(NC(=O)C1CCC2CN(C(=O)CCc3ccccc3)CC(=O)N21)c1nccs1. The smallest absolute Gasteiger partial charge is 0.243 e. The van der Waals surface area contributed by atoms with Gasteiger partial charge >= 0.3 is 0 Å². The number of carbonyl (C=O) groups excluding carboxylic acids is 3. The largest absolute Gasteiger partial charge is 0.370 e. The van der Waals surface area contributed by atoms with Gasteiger partial charge in [-0.3, -0.25) is 19.4 Å². The quantitative estimate of drug-likeness (QED) is 0.248. The van der Waals surface area contributed by atoms with E-state index < -0.39 is 6.04 Å². The van der Waals surface area contributed by atoms with Crippen molar-refractivity contribution in [3.05, 3.63) is 52.5 Å². The van der Waals surface area contributed by atoms with E-state index in [1.807, 2.05) is 35.7 Å². The molecule has 2 aliphatic rings. The zero-order valence-corrected chi connectivity index (χ0v) is 21.0. The van der Waals surface area contributed by atoms with E-state index in [1.54, 1.807) is 16.0 Å². The number of thiazole rings is 1. The van der Waals surface area contributed by atoms with Gasteiger partial charge in [0.15, 0.2) is 5.96 Å². The van der Waals surface area contributed by atoms with Crippen LogP contribution in [0.4, 0.5) is 0 Å². The van der Waals surface area contributed by atoms with Gasteiger partial charge in [0.05, 0.1) is 18.6 Å². The molecule has 192 valence electrons. The molecule has 3 unspecified atom stereocenters. The van der Waals surface area contributed by atoms with Gasteiger partial charge in [0.1, 0.15) is 11.0 Å². The standard InChI is InChI=1S/C25H33N7O3S/c26-25(27)29-12-4-7-19(24-28-13-14-36-24)30-23(35)20-10-9-18-15-31(16-22(34)32(18)20)21(33)11-8-17-5-2-1-3-6-17/h1-3,5-6,13-14,18-20H,4,7-12,15-16H2,(H,30,35)(H4,26,27,29). The first-order chi connectivity index (χ1) is 17.4. The van der Waals surface area contributed by atoms with Crippen LogP contribution in [0.3, 0.4) is 0 Å². The summed E-state index contributed by atoms with van der Waals surface area (Å²) in [4.78, 5) is 50.9. The third kappa shape index (κ3) is 6.39. The Kier molecular flexibility index (Phi) is 8.52. The number of rotatable bonds is 10. The molecule has 3 heterocycles. The summed E-state index contributed by atoms with van der Waals surface area (Å²) in [6.07, 6.45) is 5.29. The summed E-state index contributed by atoms with van der Waals surface area (Å²) < 4.78 is 0. The van der Waals surface area contributed by atoms with Crippen LogP contribution in [0.2, 0.25) is 0 Å². The minimum atomic E-state index is -0.538. The summed E-state index contributed by atoms with van der Waals surface area (Å²) in [5.74, 6) is -0.338. The minimum absolute atomic E-state index is 0.0162. The van der Waals surface area contributed by atoms with Gasteiger partial charge in [-0.05, 0) is 37.7 Å². The number of aromatic nitrogens is 1. The third-order valence-electron chi connectivity index (χ3n) is 6.68. The highest BCUT2D eigenvalue weighted by Crippen LogP contribution is 2.30. The van der Waals surface area contributed by atoms with Gasteiger partial charge in [0.2, 0.25) is 17.7 Å². The molecule has 2 saturated heterocycles. The summed E-state index contributed by atoms with van der Waals surface area (Å²) in [5.41, 5.74) is 11.9. The summed E-state index contributed by atoms with van der Waals surface area (Å²) >= 11 is 1.47. The molecule has 5 N–H and O–H groups in total. The number of hydrogen-bond acceptors (Lipinski definition) is 6. The fraction of sp³-hybridized carbons (Fsp3) is 0.480. The van der Waals surface area contributed by atoms with Crippen molar-refractivity contribution in [3.8, 4) is 0 Å². The van der Waals surface area contributed by atoms with Gasteiger partial charge in [-0.1, -0.05) is 30.3 Å². The van der Waals surface area contributed by atoms with Gasteiger partial charge in [0, 0.05) is 31.1 Å². The zero-order chi connectivity index (χ0) is 25.5. The number of guanidine groups is 1. The average molecular weight is 512 g/mol. The number of aryl methyl sites for hydroxylation is 1. The molecule has 2 aromatic rings. The Morgan fingerprint density at radius 3 is 2.75 bits per heavy atom. The van der Waals surface area contributed by atoms with Crippen LogP contribution in [0, 0.1) is 0 Å². The van der Waals surface area contributed by atoms with Crippen molar-refractivity contribution in [1.29, 1.82) is 0 Å². The van der Waals surface area contributed by atoms with Gasteiger partial charge in [0.25, 0.3) is 0 Å². The third-order valence-corrected chi connectivity index (χ3v) is 7.57. The van der Waals surface area contributed by atoms with Crippen LogP contribution in [0.1, 0.15) is 48.7 Å². The van der Waals surface area contributed by atoms with Gasteiger partial charge in [-0.2, -0.15) is 0 Å². The maximum atomic E-state index is 13.3. The van der Waals surface area contributed by atoms with E-state index in [1.165, 1.54) is 11.3 Å². The molecule has 3 amide bonds. The predicted molar refractivity (Wildman–Crippen MR) is 138 cm³/mol. The maximum absolute atomic E-state index is 13.3. The Morgan fingerprint density at radius 1 is 1.22 bits per heavy atom. The first-order valence-corrected chi connectivity index (χ1v) is 13.2. The molecular weight excluding hydrogens is 478 g/mol. The van der Waals surface area contributed by atoms with Crippen molar-refractivity contribution in [2.45, 2.75) is 56.7 Å². The molecule has 10 nitrogen and oxygen atoms in total. The summed E-state index contributed by atoms with van der Waals surface area (Å²) in [7, 11) is 0. The monoisotopic (exact) mass is 511 g/mol. The highest BCUT2D eigenvalue weighted by Gasteiger charge is 2.45. The molecule has 36 heavy (non-hydrogen) atoms. The van der Waals surface area contributed by atoms with E-state index in [2.05, 4.69) is 15.3 Å². The second kappa shape index (κ2) is 12.0. The molecule has 11 heteroatoms. The lowest BCUT2D eigenvalue weighted by molar-refractivity contribution is -0.151. The number of hydrogen-bond donors (Lipinski definition) is 3. The van der Waals surface area contributed by atoms with E-state index in [0.717, 1.165) is 10.6 Å². The van der Waals surface area contributed by atoms with Crippen molar-refractivity contribution in [2.24, 2.45) is 16.5 Å². The Hall–Kier alpha value is -3.47. The van der Waals surface area contributed by atoms with Crippen LogP contribution < -0.4 is 16.8 Å². The lowest BCUT2D eigenvalue weighted by Gasteiger charge is -2.39. The van der Waals surface area contributed by atoms with E-state index in [9.17, 15) is 14.4 Å². The summed E-state index contributed by atoms with van der Waals surface area (Å²) in [6, 6.07) is 8.90. The fourth-order valence-electron chi connectivity index (χ4n) is 4.94. The highest BCUT2D eigenvalue weighted by molar-refractivity contribution is 7.09. The molecular formula is C25H33N7O3S. The lowest BCUT2D eigenvalue weighted by atomic mass is 10.1. The van der Waals surface area contributed by atoms with Crippen molar-refractivity contribution >= 4 is 35.0 Å². The van der Waals surface area contributed by atoms with Crippen molar-refractivity contribution in [2.75, 3.05) is 19.6 Å². The van der Waals surface area contributed by atoms with Crippen LogP contribution in [-0.2, 0) is 20.8 Å². The second-order valence-electron chi connectivity index (χ2n) is 9.19. The molecule has 4 rings (SSSR count). The molecule has 0 saturated carbocycles. The highest BCUT2D eigenvalue weighted by atomic mass is 32.1. The molecule has 0 radical (unpaired) electrons. The number of piperazine rings is 1. The van der Waals surface area contributed by atoms with Gasteiger partial charge < -0.3 is 26.6 Å². The molecule has 1 aromatic carbocycles. The number of aliphatic imine (C=N–C) groups is 1. The number of amides is 3. The van der Waals surface area contributed by atoms with Crippen molar-refractivity contribution < 1.29 is 14.4 Å². The summed E-state index contributed by atoms with van der Waals surface area (Å²) in [5, 5.41) is 5.78. The number of carbonyl (C=O) groups is 3. The molecule has 0 bridgehead atoms. The van der Waals surface area contributed by atoms with Gasteiger partial charge in [-0.25, -0.2) is 4.98 Å². The Labute approximate surface area is 214 Å².